The van der Waals surface area contributed by atoms with Gasteiger partial charge in [-0.05, 0) is 30.3 Å². The molecule has 0 aliphatic carbocycles. The lowest BCUT2D eigenvalue weighted by Crippen LogP contribution is -2.12. The monoisotopic (exact) mass is 330 g/mol. The van der Waals surface area contributed by atoms with Crippen LogP contribution in [0.4, 0.5) is 5.69 Å². The van der Waals surface area contributed by atoms with E-state index < -0.39 is 17.0 Å². The van der Waals surface area contributed by atoms with Crippen LogP contribution in [0.3, 0.4) is 0 Å². The van der Waals surface area contributed by atoms with Gasteiger partial charge in [0.2, 0.25) is 6.10 Å². The number of hydrogen-bond acceptors (Lipinski definition) is 5. The summed E-state index contributed by atoms with van der Waals surface area (Å²) in [6.45, 7) is 0. The van der Waals surface area contributed by atoms with Crippen LogP contribution in [-0.4, -0.2) is 10.9 Å². The Hall–Kier alpha value is -2.86. The minimum atomic E-state index is -1.03. The van der Waals surface area contributed by atoms with Crippen molar-refractivity contribution in [1.82, 2.24) is 0 Å². The molecule has 0 spiro atoms. The smallest absolute Gasteiger partial charge is 0.339 e. The van der Waals surface area contributed by atoms with E-state index in [2.05, 4.69) is 5.32 Å². The third kappa shape index (κ3) is 3.02. The standard InChI is InChI=1S/C16H11ClN2O4/c17-10-5-7-11(8-6-10)18-9-14(19(21)22)15-12-3-1-2-4-13(12)16(20)23-15/h1-9,15,18H/b14-9-/t15-/m1/s1. The Bertz CT molecular complexity index is 802. The highest BCUT2D eigenvalue weighted by Crippen LogP contribution is 2.35. The van der Waals surface area contributed by atoms with E-state index in [1.807, 2.05) is 0 Å². The second-order valence-corrected chi connectivity index (χ2v) is 5.29. The van der Waals surface area contributed by atoms with Crippen LogP contribution in [-0.2, 0) is 4.74 Å². The number of hydrogen-bond donors (Lipinski definition) is 1. The van der Waals surface area contributed by atoms with Gasteiger partial charge in [0.15, 0.2) is 0 Å². The van der Waals surface area contributed by atoms with E-state index in [9.17, 15) is 14.9 Å². The van der Waals surface area contributed by atoms with Crippen molar-refractivity contribution in [3.63, 3.8) is 0 Å². The molecule has 116 valence electrons. The van der Waals surface area contributed by atoms with E-state index in [1.165, 1.54) is 6.20 Å². The van der Waals surface area contributed by atoms with Gasteiger partial charge in [-0.25, -0.2) is 4.79 Å². The Morgan fingerprint density at radius 3 is 2.61 bits per heavy atom. The van der Waals surface area contributed by atoms with Crippen LogP contribution >= 0.6 is 11.6 Å². The van der Waals surface area contributed by atoms with Crippen LogP contribution in [0.2, 0.25) is 5.02 Å². The Kier molecular flexibility index (Phi) is 3.99. The number of ether oxygens (including phenoxy) is 1. The summed E-state index contributed by atoms with van der Waals surface area (Å²) in [5, 5.41) is 14.7. The number of carbonyl (C=O) groups excluding carboxylic acids is 1. The van der Waals surface area contributed by atoms with E-state index in [0.29, 0.717) is 21.8 Å². The predicted molar refractivity (Wildman–Crippen MR) is 84.8 cm³/mol. The molecule has 0 amide bonds. The largest absolute Gasteiger partial charge is 0.442 e. The second kappa shape index (κ2) is 6.10. The average Bonchev–Trinajstić information content (AvgIpc) is 2.87. The summed E-state index contributed by atoms with van der Waals surface area (Å²) in [7, 11) is 0. The van der Waals surface area contributed by atoms with Gasteiger partial charge in [0.1, 0.15) is 0 Å². The highest BCUT2D eigenvalue weighted by Gasteiger charge is 2.39. The number of halogens is 1. The molecule has 2 aromatic rings. The van der Waals surface area contributed by atoms with Crippen molar-refractivity contribution in [2.75, 3.05) is 5.32 Å². The number of cyclic esters (lactones) is 1. The number of rotatable bonds is 4. The van der Waals surface area contributed by atoms with Crippen molar-refractivity contribution in [3.8, 4) is 0 Å². The molecule has 1 aliphatic rings. The molecule has 0 fully saturated rings. The average molecular weight is 331 g/mol. The summed E-state index contributed by atoms with van der Waals surface area (Å²) in [6.07, 6.45) is 0.192. The maximum atomic E-state index is 11.8. The summed E-state index contributed by atoms with van der Waals surface area (Å²) in [4.78, 5) is 22.6. The van der Waals surface area contributed by atoms with Crippen LogP contribution in [0.1, 0.15) is 22.0 Å². The van der Waals surface area contributed by atoms with Crippen molar-refractivity contribution in [2.45, 2.75) is 6.10 Å². The minimum absolute atomic E-state index is 0.252. The first-order valence-electron chi connectivity index (χ1n) is 6.73. The summed E-state index contributed by atoms with van der Waals surface area (Å²) in [5.74, 6) is -0.565. The number of nitrogens with zero attached hydrogens (tertiary/aromatic N) is 1. The van der Waals surface area contributed by atoms with Crippen LogP contribution in [0, 0.1) is 10.1 Å². The minimum Gasteiger partial charge on any atom is -0.442 e. The number of anilines is 1. The van der Waals surface area contributed by atoms with Crippen molar-refractivity contribution < 1.29 is 14.5 Å². The predicted octanol–water partition coefficient (Wildman–Crippen LogP) is 3.78. The van der Waals surface area contributed by atoms with Gasteiger partial charge < -0.3 is 10.1 Å². The molecule has 6 nitrogen and oxygen atoms in total. The van der Waals surface area contributed by atoms with Gasteiger partial charge in [-0.15, -0.1) is 0 Å². The maximum absolute atomic E-state index is 11.8. The third-order valence-corrected chi connectivity index (χ3v) is 3.65. The Morgan fingerprint density at radius 2 is 1.91 bits per heavy atom. The Labute approximate surface area is 136 Å². The van der Waals surface area contributed by atoms with E-state index in [4.69, 9.17) is 16.3 Å². The zero-order chi connectivity index (χ0) is 16.4. The lowest BCUT2D eigenvalue weighted by molar-refractivity contribution is -0.436. The maximum Gasteiger partial charge on any atom is 0.339 e. The van der Waals surface area contributed by atoms with Gasteiger partial charge in [0.25, 0.3) is 0 Å². The zero-order valence-corrected chi connectivity index (χ0v) is 12.5. The molecule has 1 heterocycles. The van der Waals surface area contributed by atoms with E-state index in [-0.39, 0.29) is 5.70 Å². The quantitative estimate of drug-likeness (QED) is 0.524. The molecule has 1 aliphatic heterocycles. The number of fused-ring (bicyclic) bond motifs is 1. The van der Waals surface area contributed by atoms with Gasteiger partial charge in [-0.2, -0.15) is 0 Å². The first kappa shape index (κ1) is 15.1. The molecular weight excluding hydrogens is 320 g/mol. The molecule has 23 heavy (non-hydrogen) atoms. The molecule has 2 aromatic carbocycles. The Balaban J connectivity index is 1.91. The number of nitrogens with one attached hydrogen (secondary N) is 1. The molecule has 0 saturated carbocycles. The van der Waals surface area contributed by atoms with Crippen LogP contribution in [0.5, 0.6) is 0 Å². The zero-order valence-electron chi connectivity index (χ0n) is 11.7. The number of esters is 1. The molecule has 1 N–H and O–H groups in total. The third-order valence-electron chi connectivity index (χ3n) is 3.40. The molecular formula is C16H11ClN2O4. The summed E-state index contributed by atoms with van der Waals surface area (Å²) in [6, 6.07) is 13.3. The van der Waals surface area contributed by atoms with E-state index >= 15 is 0 Å². The van der Waals surface area contributed by atoms with Crippen molar-refractivity contribution in [2.24, 2.45) is 0 Å². The van der Waals surface area contributed by atoms with E-state index in [0.717, 1.165) is 0 Å². The molecule has 0 saturated heterocycles. The molecule has 7 heteroatoms. The van der Waals surface area contributed by atoms with E-state index in [1.54, 1.807) is 48.5 Å². The number of carbonyl (C=O) groups is 1. The summed E-state index contributed by atoms with van der Waals surface area (Å²) >= 11 is 5.79. The fourth-order valence-electron chi connectivity index (χ4n) is 2.29. The molecule has 3 rings (SSSR count). The van der Waals surface area contributed by atoms with Crippen LogP contribution < -0.4 is 5.32 Å². The highest BCUT2D eigenvalue weighted by molar-refractivity contribution is 6.30. The van der Waals surface area contributed by atoms with Crippen LogP contribution in [0.15, 0.2) is 60.4 Å². The summed E-state index contributed by atoms with van der Waals surface area (Å²) in [5.41, 5.74) is 1.21. The summed E-state index contributed by atoms with van der Waals surface area (Å²) < 4.78 is 5.15. The lowest BCUT2D eigenvalue weighted by Gasteiger charge is -2.08. The topological polar surface area (TPSA) is 81.5 Å². The first-order chi connectivity index (χ1) is 11.1. The molecule has 0 bridgehead atoms. The fourth-order valence-corrected chi connectivity index (χ4v) is 2.42. The van der Waals surface area contributed by atoms with Gasteiger partial charge in [0.05, 0.1) is 16.7 Å². The molecule has 0 unspecified atom stereocenters. The van der Waals surface area contributed by atoms with Crippen molar-refractivity contribution >= 4 is 23.3 Å². The molecule has 0 aromatic heterocycles. The first-order valence-corrected chi connectivity index (χ1v) is 7.10. The van der Waals surface area contributed by atoms with Crippen molar-refractivity contribution in [1.29, 1.82) is 0 Å². The SMILES string of the molecule is O=C1O[C@@H](/C(=C/Nc2ccc(Cl)cc2)[N+](=O)[O-])c2ccccc21. The fraction of sp³-hybridized carbons (Fsp3) is 0.0625. The normalized spacial score (nSPS) is 16.7. The lowest BCUT2D eigenvalue weighted by atomic mass is 10.0. The van der Waals surface area contributed by atoms with Gasteiger partial charge >= 0.3 is 11.7 Å². The molecule has 1 atom stereocenters. The number of nitro groups is 1. The van der Waals surface area contributed by atoms with Crippen LogP contribution in [0.25, 0.3) is 0 Å². The van der Waals surface area contributed by atoms with Gasteiger partial charge in [-0.1, -0.05) is 29.8 Å². The highest BCUT2D eigenvalue weighted by atomic mass is 35.5. The van der Waals surface area contributed by atoms with Crippen molar-refractivity contribution in [3.05, 3.63) is 86.7 Å². The molecule has 0 radical (unpaired) electrons. The second-order valence-electron chi connectivity index (χ2n) is 4.85. The number of benzene rings is 2. The van der Waals surface area contributed by atoms with Gasteiger partial charge in [0, 0.05) is 16.3 Å². The Morgan fingerprint density at radius 1 is 1.22 bits per heavy atom. The van der Waals surface area contributed by atoms with Gasteiger partial charge in [-0.3, -0.25) is 10.1 Å².